The summed E-state index contributed by atoms with van der Waals surface area (Å²) in [6, 6.07) is 4.27. The summed E-state index contributed by atoms with van der Waals surface area (Å²) in [4.78, 5) is 23.7. The van der Waals surface area contributed by atoms with Gasteiger partial charge in [0.05, 0.1) is 44.1 Å². The molecule has 0 aliphatic rings. The average Bonchev–Trinajstić information content (AvgIpc) is 2.59. The summed E-state index contributed by atoms with van der Waals surface area (Å²) in [6.07, 6.45) is 0. The Kier molecular flexibility index (Phi) is 7.29. The van der Waals surface area contributed by atoms with Crippen LogP contribution in [0.25, 0.3) is 0 Å². The highest BCUT2D eigenvalue weighted by atomic mass is 31.1. The van der Waals surface area contributed by atoms with Crippen molar-refractivity contribution in [1.29, 1.82) is 0 Å². The van der Waals surface area contributed by atoms with E-state index in [1.165, 1.54) is 32.4 Å². The first-order valence-corrected chi connectivity index (χ1v) is 7.88. The number of hydrogen-bond donors (Lipinski definition) is 0. The maximum atomic E-state index is 12.0. The molecule has 0 bridgehead atoms. The molecule has 0 spiro atoms. The Morgan fingerprint density at radius 2 is 1.52 bits per heavy atom. The molecule has 1 rings (SSSR count). The van der Waals surface area contributed by atoms with Gasteiger partial charge in [-0.15, -0.1) is 0 Å². The van der Waals surface area contributed by atoms with Crippen LogP contribution in [0.4, 0.5) is 0 Å². The maximum absolute atomic E-state index is 12.0. The molecule has 1 aromatic rings. The summed E-state index contributed by atoms with van der Waals surface area (Å²) >= 11 is 0. The van der Waals surface area contributed by atoms with Crippen LogP contribution in [0.15, 0.2) is 18.2 Å². The van der Waals surface area contributed by atoms with Crippen LogP contribution in [-0.2, 0) is 29.0 Å². The maximum Gasteiger partial charge on any atom is 0.400 e. The lowest BCUT2D eigenvalue weighted by Gasteiger charge is -2.21. The zero-order chi connectivity index (χ0) is 17.5. The van der Waals surface area contributed by atoms with Crippen molar-refractivity contribution < 1.29 is 33.1 Å². The van der Waals surface area contributed by atoms with E-state index in [0.717, 1.165) is 0 Å². The fraction of sp³-hybridized carbons (Fsp3) is 0.467. The third-order valence-electron chi connectivity index (χ3n) is 3.04. The summed E-state index contributed by atoms with van der Waals surface area (Å²) in [6.45, 7) is 3.97. The first kappa shape index (κ1) is 19.2. The highest BCUT2D eigenvalue weighted by molar-refractivity contribution is 7.24. The van der Waals surface area contributed by atoms with Crippen LogP contribution in [0, 0.1) is 0 Å². The van der Waals surface area contributed by atoms with Crippen LogP contribution >= 0.6 is 8.46 Å². The van der Waals surface area contributed by atoms with Gasteiger partial charge in [0.2, 0.25) is 0 Å². The molecule has 1 atom stereocenters. The van der Waals surface area contributed by atoms with Crippen LogP contribution in [0.2, 0.25) is 0 Å². The van der Waals surface area contributed by atoms with E-state index in [0.29, 0.717) is 5.56 Å². The molecule has 8 heteroatoms. The second kappa shape index (κ2) is 8.72. The van der Waals surface area contributed by atoms with Crippen molar-refractivity contribution in [2.45, 2.75) is 19.4 Å². The van der Waals surface area contributed by atoms with Crippen LogP contribution in [0.3, 0.4) is 0 Å². The summed E-state index contributed by atoms with van der Waals surface area (Å²) in [5, 5.41) is 0. The predicted octanol–water partition coefficient (Wildman–Crippen LogP) is 2.47. The van der Waals surface area contributed by atoms with Crippen molar-refractivity contribution in [2.24, 2.45) is 0 Å². The molecule has 0 saturated carbocycles. The van der Waals surface area contributed by atoms with Crippen molar-refractivity contribution in [1.82, 2.24) is 0 Å². The molecule has 0 radical (unpaired) electrons. The van der Waals surface area contributed by atoms with Gasteiger partial charge in [-0.1, -0.05) is 4.57 Å². The predicted molar refractivity (Wildman–Crippen MR) is 83.1 cm³/mol. The third-order valence-corrected chi connectivity index (χ3v) is 3.89. The van der Waals surface area contributed by atoms with E-state index >= 15 is 0 Å². The standard InChI is InChI=1S/C15H19O7P/c1-5-21-15(23-18,22-6-2)10-7-8-11(13(16)19-3)12(9-10)14(17)20-4/h7-9H,5-6H2,1-4H3/p+1. The monoisotopic (exact) mass is 343 g/mol. The number of esters is 2. The van der Waals surface area contributed by atoms with Crippen molar-refractivity contribution in [3.8, 4) is 0 Å². The molecular formula is C15H20O7P+. The minimum Gasteiger partial charge on any atom is -0.465 e. The topological polar surface area (TPSA) is 88.1 Å². The molecule has 0 aliphatic carbocycles. The lowest BCUT2D eigenvalue weighted by Crippen LogP contribution is -2.28. The van der Waals surface area contributed by atoms with E-state index in [2.05, 4.69) is 9.47 Å². The van der Waals surface area contributed by atoms with Crippen LogP contribution in [0.1, 0.15) is 40.1 Å². The minimum absolute atomic E-state index is 0.0149. The third kappa shape index (κ3) is 4.13. The Balaban J connectivity index is 3.50. The number of benzene rings is 1. The summed E-state index contributed by atoms with van der Waals surface area (Å²) in [7, 11) is 1.44. The van der Waals surface area contributed by atoms with E-state index in [-0.39, 0.29) is 24.3 Å². The molecule has 0 N–H and O–H groups in total. The smallest absolute Gasteiger partial charge is 0.400 e. The highest BCUT2D eigenvalue weighted by Gasteiger charge is 2.44. The molecule has 1 unspecified atom stereocenters. The molecule has 23 heavy (non-hydrogen) atoms. The summed E-state index contributed by atoms with van der Waals surface area (Å²) in [5.41, 5.74) is -1.12. The zero-order valence-electron chi connectivity index (χ0n) is 13.5. The van der Waals surface area contributed by atoms with Gasteiger partial charge in [-0.25, -0.2) is 9.59 Å². The molecule has 0 aromatic heterocycles. The Bertz CT molecular complexity index is 579. The van der Waals surface area contributed by atoms with E-state index < -0.39 is 25.9 Å². The molecule has 126 valence electrons. The molecule has 0 aliphatic heterocycles. The van der Waals surface area contributed by atoms with E-state index in [1.807, 2.05) is 0 Å². The number of rotatable bonds is 8. The lowest BCUT2D eigenvalue weighted by atomic mass is 10.0. The normalized spacial score (nSPS) is 11.3. The molecule has 7 nitrogen and oxygen atoms in total. The molecule has 0 fully saturated rings. The fourth-order valence-electron chi connectivity index (χ4n) is 2.05. The van der Waals surface area contributed by atoms with Gasteiger partial charge in [-0.3, -0.25) is 0 Å². The largest absolute Gasteiger partial charge is 0.465 e. The molecular weight excluding hydrogens is 323 g/mol. The number of ether oxygens (including phenoxy) is 4. The number of hydrogen-bond acceptors (Lipinski definition) is 7. The van der Waals surface area contributed by atoms with Crippen LogP contribution in [-0.4, -0.2) is 39.4 Å². The molecule has 0 saturated heterocycles. The Morgan fingerprint density at radius 3 is 1.96 bits per heavy atom. The minimum atomic E-state index is -1.50. The quantitative estimate of drug-likeness (QED) is 0.407. The molecule has 1 aromatic carbocycles. The van der Waals surface area contributed by atoms with E-state index in [9.17, 15) is 14.2 Å². The van der Waals surface area contributed by atoms with Crippen molar-refractivity contribution in [2.75, 3.05) is 27.4 Å². The summed E-state index contributed by atoms with van der Waals surface area (Å²) in [5.74, 6) is -1.40. The zero-order valence-corrected chi connectivity index (χ0v) is 14.5. The van der Waals surface area contributed by atoms with Crippen LogP contribution in [0.5, 0.6) is 0 Å². The second-order valence-corrected chi connectivity index (χ2v) is 5.19. The van der Waals surface area contributed by atoms with E-state index in [1.54, 1.807) is 13.8 Å². The van der Waals surface area contributed by atoms with Gasteiger partial charge in [-0.05, 0) is 32.0 Å². The second-order valence-electron chi connectivity index (χ2n) is 4.33. The number of methoxy groups -OCH3 is 2. The van der Waals surface area contributed by atoms with Gasteiger partial charge in [0.25, 0.3) is 0 Å². The fourth-order valence-corrected chi connectivity index (χ4v) is 2.73. The number of carbonyl (C=O) groups excluding carboxylic acids is 2. The van der Waals surface area contributed by atoms with Crippen molar-refractivity contribution in [3.05, 3.63) is 34.9 Å². The van der Waals surface area contributed by atoms with Gasteiger partial charge >= 0.3 is 25.9 Å². The highest BCUT2D eigenvalue weighted by Crippen LogP contribution is 2.39. The van der Waals surface area contributed by atoms with Crippen molar-refractivity contribution >= 4 is 20.4 Å². The van der Waals surface area contributed by atoms with Gasteiger partial charge in [-0.2, -0.15) is 0 Å². The summed E-state index contributed by atoms with van der Waals surface area (Å²) < 4.78 is 32.1. The molecule has 0 amide bonds. The van der Waals surface area contributed by atoms with E-state index in [4.69, 9.17) is 9.47 Å². The van der Waals surface area contributed by atoms with Gasteiger partial charge in [0.1, 0.15) is 0 Å². The first-order valence-electron chi connectivity index (χ1n) is 6.97. The lowest BCUT2D eigenvalue weighted by molar-refractivity contribution is -0.176. The Labute approximate surface area is 136 Å². The average molecular weight is 343 g/mol. The van der Waals surface area contributed by atoms with Gasteiger partial charge in [0.15, 0.2) is 0 Å². The van der Waals surface area contributed by atoms with Gasteiger partial charge in [0, 0.05) is 0 Å². The van der Waals surface area contributed by atoms with Gasteiger partial charge < -0.3 is 18.9 Å². The SMILES string of the molecule is CCOC(OCC)([PH+]=O)c1ccc(C(=O)OC)c(C(=O)OC)c1. The molecule has 0 heterocycles. The Hall–Kier alpha value is -1.82. The van der Waals surface area contributed by atoms with Crippen LogP contribution < -0.4 is 0 Å². The number of carbonyl (C=O) groups is 2. The first-order chi connectivity index (χ1) is 11.0. The Morgan fingerprint density at radius 1 is 1.00 bits per heavy atom. The van der Waals surface area contributed by atoms with Crippen molar-refractivity contribution in [3.63, 3.8) is 0 Å².